The zero-order chi connectivity index (χ0) is 17.1. The molecule has 24 heavy (non-hydrogen) atoms. The molecule has 0 amide bonds. The van der Waals surface area contributed by atoms with Gasteiger partial charge in [0.2, 0.25) is 0 Å². The number of unbranched alkanes of at least 4 members (excludes halogenated alkanes) is 2. The number of aliphatic carboxylic acids is 1. The molecule has 1 fully saturated rings. The Labute approximate surface area is 145 Å². The molecular weight excluding hydrogens is 298 g/mol. The van der Waals surface area contributed by atoms with Gasteiger partial charge in [-0.15, -0.1) is 0 Å². The molecule has 130 valence electrons. The normalized spacial score (nSPS) is 21.1. The zero-order valence-corrected chi connectivity index (χ0v) is 14.9. The molecule has 1 aromatic carbocycles. The Morgan fingerprint density at radius 3 is 2.79 bits per heavy atom. The highest BCUT2D eigenvalue weighted by Crippen LogP contribution is 2.31. The maximum atomic E-state index is 10.9. The van der Waals surface area contributed by atoms with Gasteiger partial charge in [-0.2, -0.15) is 0 Å². The van der Waals surface area contributed by atoms with Crippen molar-refractivity contribution >= 4 is 12.0 Å². The molecule has 0 aromatic heterocycles. The van der Waals surface area contributed by atoms with E-state index in [2.05, 4.69) is 43.0 Å². The molecule has 0 bridgehead atoms. The van der Waals surface area contributed by atoms with Gasteiger partial charge in [0.05, 0.1) is 5.92 Å². The third-order valence-corrected chi connectivity index (χ3v) is 5.49. The summed E-state index contributed by atoms with van der Waals surface area (Å²) in [7, 11) is 0. The molecule has 0 radical (unpaired) electrons. The summed E-state index contributed by atoms with van der Waals surface area (Å²) in [4.78, 5) is 13.2. The smallest absolute Gasteiger partial charge is 0.309 e. The lowest BCUT2D eigenvalue weighted by atomic mass is 9.82. The molecule has 1 aliphatic carbocycles. The van der Waals surface area contributed by atoms with E-state index in [1.807, 2.05) is 0 Å². The zero-order valence-electron chi connectivity index (χ0n) is 14.9. The molecule has 1 aliphatic heterocycles. The summed E-state index contributed by atoms with van der Waals surface area (Å²) in [6.07, 6.45) is 8.51. The van der Waals surface area contributed by atoms with Crippen molar-refractivity contribution in [3.63, 3.8) is 0 Å². The topological polar surface area (TPSA) is 40.5 Å². The average Bonchev–Trinajstić information content (AvgIpc) is 2.50. The van der Waals surface area contributed by atoms with Gasteiger partial charge >= 0.3 is 5.97 Å². The summed E-state index contributed by atoms with van der Waals surface area (Å²) in [6.45, 7) is 6.86. The van der Waals surface area contributed by atoms with Gasteiger partial charge in [0.25, 0.3) is 0 Å². The molecule has 3 nitrogen and oxygen atoms in total. The molecule has 1 atom stereocenters. The van der Waals surface area contributed by atoms with Crippen LogP contribution in [0.1, 0.15) is 49.8 Å². The fourth-order valence-corrected chi connectivity index (χ4v) is 3.83. The molecule has 2 aliphatic rings. The van der Waals surface area contributed by atoms with Crippen LogP contribution < -0.4 is 0 Å². The number of carboxylic acid groups (broad SMARTS) is 1. The molecule has 3 rings (SSSR count). The van der Waals surface area contributed by atoms with Gasteiger partial charge in [-0.3, -0.25) is 9.69 Å². The first-order chi connectivity index (χ1) is 11.6. The van der Waals surface area contributed by atoms with Crippen molar-refractivity contribution in [1.29, 1.82) is 0 Å². The Morgan fingerprint density at radius 1 is 1.29 bits per heavy atom. The van der Waals surface area contributed by atoms with E-state index in [9.17, 15) is 4.79 Å². The quantitative estimate of drug-likeness (QED) is 0.769. The third-order valence-electron chi connectivity index (χ3n) is 5.49. The minimum Gasteiger partial charge on any atom is -0.481 e. The summed E-state index contributed by atoms with van der Waals surface area (Å²) in [5.41, 5.74) is 5.76. The number of likely N-dealkylation sites (tertiary alicyclic amines) is 1. The van der Waals surface area contributed by atoms with E-state index < -0.39 is 5.97 Å². The van der Waals surface area contributed by atoms with Crippen LogP contribution in [0.15, 0.2) is 23.8 Å². The van der Waals surface area contributed by atoms with E-state index in [-0.39, 0.29) is 5.92 Å². The van der Waals surface area contributed by atoms with Crippen LogP contribution in [-0.2, 0) is 17.6 Å². The minimum atomic E-state index is -0.655. The van der Waals surface area contributed by atoms with E-state index >= 15 is 0 Å². The van der Waals surface area contributed by atoms with E-state index in [1.54, 1.807) is 0 Å². The summed E-state index contributed by atoms with van der Waals surface area (Å²) < 4.78 is 0. The molecular formula is C21H29NO2. The maximum absolute atomic E-state index is 10.9. The van der Waals surface area contributed by atoms with Crippen LogP contribution in [0.25, 0.3) is 6.08 Å². The lowest BCUT2D eigenvalue weighted by Crippen LogP contribution is -2.51. The third kappa shape index (κ3) is 3.89. The van der Waals surface area contributed by atoms with E-state index in [0.717, 1.165) is 13.0 Å². The van der Waals surface area contributed by atoms with Gasteiger partial charge in [0.15, 0.2) is 0 Å². The van der Waals surface area contributed by atoms with Gasteiger partial charge < -0.3 is 5.11 Å². The van der Waals surface area contributed by atoms with Gasteiger partial charge in [-0.25, -0.2) is 0 Å². The van der Waals surface area contributed by atoms with Crippen molar-refractivity contribution in [1.82, 2.24) is 4.90 Å². The predicted molar refractivity (Wildman–Crippen MR) is 98.1 cm³/mol. The number of fused-ring (bicyclic) bond motifs is 1. The summed E-state index contributed by atoms with van der Waals surface area (Å²) in [5.74, 6) is -0.271. The van der Waals surface area contributed by atoms with Crippen molar-refractivity contribution in [2.45, 2.75) is 46.0 Å². The van der Waals surface area contributed by atoms with Crippen molar-refractivity contribution < 1.29 is 9.90 Å². The molecule has 1 aromatic rings. The summed E-state index contributed by atoms with van der Waals surface area (Å²) >= 11 is 0. The monoisotopic (exact) mass is 327 g/mol. The highest BCUT2D eigenvalue weighted by molar-refractivity contribution is 5.71. The van der Waals surface area contributed by atoms with Crippen LogP contribution in [0.4, 0.5) is 0 Å². The highest BCUT2D eigenvalue weighted by atomic mass is 16.4. The Morgan fingerprint density at radius 2 is 2.08 bits per heavy atom. The molecule has 1 saturated heterocycles. The standard InChI is InChI=1S/C21H29NO2/c1-3-4-5-6-16-7-8-17-11-19(15(2)9-18(17)10-16)12-22-13-20(14-22)21(23)24/h7-8,10-11,15,20H,3-6,9,12-14H2,1-2H3,(H,23,24)/t15-/m0/s1. The highest BCUT2D eigenvalue weighted by Gasteiger charge is 2.33. The van der Waals surface area contributed by atoms with Crippen LogP contribution in [0, 0.1) is 11.8 Å². The Kier molecular flexibility index (Phi) is 5.40. The maximum Gasteiger partial charge on any atom is 0.309 e. The van der Waals surface area contributed by atoms with Crippen molar-refractivity contribution in [3.8, 4) is 0 Å². The van der Waals surface area contributed by atoms with E-state index in [0.29, 0.717) is 19.0 Å². The Balaban J connectivity index is 1.63. The first-order valence-corrected chi connectivity index (χ1v) is 9.34. The number of hydrogen-bond acceptors (Lipinski definition) is 2. The van der Waals surface area contributed by atoms with Crippen LogP contribution in [0.2, 0.25) is 0 Å². The lowest BCUT2D eigenvalue weighted by Gasteiger charge is -2.38. The molecule has 0 saturated carbocycles. The van der Waals surface area contributed by atoms with E-state index in [4.69, 9.17) is 5.11 Å². The van der Waals surface area contributed by atoms with Gasteiger partial charge in [-0.05, 0) is 41.9 Å². The number of benzene rings is 1. The number of nitrogens with zero attached hydrogens (tertiary/aromatic N) is 1. The first-order valence-electron chi connectivity index (χ1n) is 9.34. The Bertz CT molecular complexity index is 629. The van der Waals surface area contributed by atoms with Crippen molar-refractivity contribution in [2.24, 2.45) is 11.8 Å². The number of carbonyl (C=O) groups is 1. The molecule has 0 spiro atoms. The van der Waals surface area contributed by atoms with Crippen molar-refractivity contribution in [3.05, 3.63) is 40.5 Å². The summed E-state index contributed by atoms with van der Waals surface area (Å²) in [6, 6.07) is 6.96. The van der Waals surface area contributed by atoms with Gasteiger partial charge in [0, 0.05) is 19.6 Å². The molecule has 3 heteroatoms. The molecule has 1 N–H and O–H groups in total. The second kappa shape index (κ2) is 7.52. The number of aryl methyl sites for hydroxylation is 1. The second-order valence-corrected chi connectivity index (χ2v) is 7.54. The second-order valence-electron chi connectivity index (χ2n) is 7.54. The van der Waals surface area contributed by atoms with E-state index in [1.165, 1.54) is 47.9 Å². The molecule has 0 unspecified atom stereocenters. The van der Waals surface area contributed by atoms with Crippen LogP contribution >= 0.6 is 0 Å². The number of hydrogen-bond donors (Lipinski definition) is 1. The first kappa shape index (κ1) is 17.2. The number of carboxylic acids is 1. The van der Waals surface area contributed by atoms with Crippen LogP contribution in [0.3, 0.4) is 0 Å². The molecule has 1 heterocycles. The van der Waals surface area contributed by atoms with Gasteiger partial charge in [-0.1, -0.05) is 56.5 Å². The number of rotatable bonds is 7. The largest absolute Gasteiger partial charge is 0.481 e. The Hall–Kier alpha value is -1.61. The fourth-order valence-electron chi connectivity index (χ4n) is 3.83. The van der Waals surface area contributed by atoms with Crippen LogP contribution in [0.5, 0.6) is 0 Å². The fraction of sp³-hybridized carbons (Fsp3) is 0.571. The average molecular weight is 327 g/mol. The predicted octanol–water partition coefficient (Wildman–Crippen LogP) is 4.01. The SMILES string of the molecule is CCCCCc1ccc2c(c1)C[C@H](C)C(CN1CC(C(=O)O)C1)=C2. The van der Waals surface area contributed by atoms with Crippen LogP contribution in [-0.4, -0.2) is 35.6 Å². The summed E-state index contributed by atoms with van der Waals surface area (Å²) in [5, 5.41) is 9.00. The van der Waals surface area contributed by atoms with Crippen molar-refractivity contribution in [2.75, 3.05) is 19.6 Å². The van der Waals surface area contributed by atoms with Gasteiger partial charge in [0.1, 0.15) is 0 Å². The minimum absolute atomic E-state index is 0.164. The lowest BCUT2D eigenvalue weighted by molar-refractivity contribution is -0.147.